The quantitative estimate of drug-likeness (QED) is 0.419. The summed E-state index contributed by atoms with van der Waals surface area (Å²) < 4.78 is 45.8. The van der Waals surface area contributed by atoms with E-state index in [0.717, 1.165) is 45.1 Å². The van der Waals surface area contributed by atoms with Crippen LogP contribution in [0, 0.1) is 11.9 Å². The Morgan fingerprint density at radius 1 is 1.18 bits per heavy atom. The number of halogens is 4. The molecule has 3 heterocycles. The molecule has 0 radical (unpaired) electrons. The van der Waals surface area contributed by atoms with Crippen molar-refractivity contribution in [3.63, 3.8) is 0 Å². The molecule has 0 saturated carbocycles. The number of pyridine rings is 1. The highest BCUT2D eigenvalue weighted by Crippen LogP contribution is 2.42. The first-order valence-electron chi connectivity index (χ1n) is 11.6. The van der Waals surface area contributed by atoms with Gasteiger partial charge in [0, 0.05) is 26.1 Å². The molecular weight excluding hydrogens is 473 g/mol. The average Bonchev–Trinajstić information content (AvgIpc) is 3.48. The highest BCUT2D eigenvalue weighted by Gasteiger charge is 2.43. The van der Waals surface area contributed by atoms with Crippen molar-refractivity contribution in [3.05, 3.63) is 35.0 Å². The van der Waals surface area contributed by atoms with Gasteiger partial charge in [0.1, 0.15) is 23.1 Å². The summed E-state index contributed by atoms with van der Waals surface area (Å²) in [5.74, 6) is -0.537. The Morgan fingerprint density at radius 3 is 2.55 bits per heavy atom. The number of nitrogens with one attached hydrogen (secondary N) is 1. The van der Waals surface area contributed by atoms with Gasteiger partial charge in [-0.05, 0) is 69.4 Å². The molecule has 1 aliphatic carbocycles. The average molecular weight is 509 g/mol. The molecule has 2 N–H and O–H groups in total. The number of likely N-dealkylation sites (tertiary alicyclic amines) is 2. The van der Waals surface area contributed by atoms with Crippen LogP contribution in [0.25, 0.3) is 0 Å². The van der Waals surface area contributed by atoms with Gasteiger partial charge in [-0.1, -0.05) is 31.5 Å². The molecular formula is C23H36ClF3N4OS. The van der Waals surface area contributed by atoms with Crippen LogP contribution >= 0.6 is 23.5 Å². The smallest absolute Gasteiger partial charge is 0.214 e. The van der Waals surface area contributed by atoms with Gasteiger partial charge in [0.25, 0.3) is 0 Å². The van der Waals surface area contributed by atoms with Gasteiger partial charge in [-0.3, -0.25) is 4.90 Å². The maximum absolute atomic E-state index is 15.0. The standard InChI is InChI=1S/C20H26ClF3N4S.C2H6.CH4O/c1-27-8-3-4-14(27)12-7-9-28(11-12)15-10-13(22)20(19(24)18(15)21)29-26-17-6-2-5-16(23)25-17;2*1-2/h2,5-6,12-15,20H,3-4,7-11H2,1H3,(H,25,26);1-2H3;2H,1H3. The third-order valence-corrected chi connectivity index (χ3v) is 7.89. The van der Waals surface area contributed by atoms with Gasteiger partial charge in [-0.15, -0.1) is 0 Å². The molecule has 5 atom stereocenters. The fourth-order valence-corrected chi connectivity index (χ4v) is 6.12. The molecule has 1 aromatic rings. The minimum Gasteiger partial charge on any atom is -0.400 e. The van der Waals surface area contributed by atoms with E-state index in [9.17, 15) is 13.2 Å². The number of alkyl halides is 1. The van der Waals surface area contributed by atoms with Crippen molar-refractivity contribution in [3.8, 4) is 0 Å². The highest BCUT2D eigenvalue weighted by atomic mass is 35.5. The second-order valence-electron chi connectivity index (χ2n) is 8.18. The van der Waals surface area contributed by atoms with Crippen molar-refractivity contribution in [1.29, 1.82) is 0 Å². The summed E-state index contributed by atoms with van der Waals surface area (Å²) in [6.45, 7) is 6.77. The summed E-state index contributed by atoms with van der Waals surface area (Å²) in [6, 6.07) is 4.39. The van der Waals surface area contributed by atoms with E-state index in [4.69, 9.17) is 16.7 Å². The highest BCUT2D eigenvalue weighted by molar-refractivity contribution is 8.01. The van der Waals surface area contributed by atoms with Crippen LogP contribution in [0.15, 0.2) is 29.1 Å². The van der Waals surface area contributed by atoms with Gasteiger partial charge in [-0.2, -0.15) is 4.39 Å². The minimum absolute atomic E-state index is 0.103. The fourth-order valence-electron chi connectivity index (χ4n) is 4.86. The Hall–Kier alpha value is -1.00. The molecule has 0 spiro atoms. The molecule has 5 unspecified atom stereocenters. The molecule has 2 saturated heterocycles. The third-order valence-electron chi connectivity index (χ3n) is 6.37. The maximum Gasteiger partial charge on any atom is 0.214 e. The third kappa shape index (κ3) is 7.01. The zero-order valence-corrected chi connectivity index (χ0v) is 21.3. The largest absolute Gasteiger partial charge is 0.400 e. The molecule has 1 aromatic heterocycles. The number of hydrogen-bond donors (Lipinski definition) is 2. The molecule has 5 nitrogen and oxygen atoms in total. The number of aliphatic hydroxyl groups excluding tert-OH is 1. The van der Waals surface area contributed by atoms with Crippen LogP contribution in [0.5, 0.6) is 0 Å². The molecule has 0 aromatic carbocycles. The van der Waals surface area contributed by atoms with Crippen LogP contribution in [0.2, 0.25) is 0 Å². The van der Waals surface area contributed by atoms with E-state index in [2.05, 4.69) is 26.6 Å². The molecule has 4 rings (SSSR count). The van der Waals surface area contributed by atoms with Crippen LogP contribution in [0.3, 0.4) is 0 Å². The van der Waals surface area contributed by atoms with E-state index in [0.29, 0.717) is 12.0 Å². The number of hydrogen-bond acceptors (Lipinski definition) is 6. The summed E-state index contributed by atoms with van der Waals surface area (Å²) in [6.07, 6.45) is 2.23. The minimum atomic E-state index is -1.39. The zero-order valence-electron chi connectivity index (χ0n) is 19.8. The lowest BCUT2D eigenvalue weighted by molar-refractivity contribution is 0.169. The number of aromatic nitrogens is 1. The summed E-state index contributed by atoms with van der Waals surface area (Å²) in [7, 11) is 3.16. The fraction of sp³-hybridized carbons (Fsp3) is 0.696. The zero-order chi connectivity index (χ0) is 24.5. The van der Waals surface area contributed by atoms with Crippen LogP contribution in [-0.4, -0.2) is 77.2 Å². The topological polar surface area (TPSA) is 51.6 Å². The predicted octanol–water partition coefficient (Wildman–Crippen LogP) is 5.23. The Morgan fingerprint density at radius 2 is 1.91 bits per heavy atom. The summed E-state index contributed by atoms with van der Waals surface area (Å²) in [5, 5.41) is 6.04. The summed E-state index contributed by atoms with van der Waals surface area (Å²) in [4.78, 5) is 8.21. The molecule has 33 heavy (non-hydrogen) atoms. The molecule has 2 fully saturated rings. The van der Waals surface area contributed by atoms with Gasteiger partial charge in [-0.25, -0.2) is 13.8 Å². The van der Waals surface area contributed by atoms with Gasteiger partial charge in [0.05, 0.1) is 11.1 Å². The SMILES string of the molecule is CC.CN1CCCC1C1CCN(C2CC(F)C(SNc3cccc(F)n3)C(F)=C2Cl)C1.CO. The number of rotatable bonds is 5. The normalized spacial score (nSPS) is 30.4. The first kappa shape index (κ1) is 28.2. The Balaban J connectivity index is 0.000000914. The van der Waals surface area contributed by atoms with E-state index in [-0.39, 0.29) is 17.3 Å². The van der Waals surface area contributed by atoms with Crippen molar-refractivity contribution in [2.45, 2.75) is 63.0 Å². The molecule has 0 amide bonds. The van der Waals surface area contributed by atoms with Crippen molar-refractivity contribution < 1.29 is 18.3 Å². The first-order valence-corrected chi connectivity index (χ1v) is 12.8. The van der Waals surface area contributed by atoms with Crippen LogP contribution in [0.1, 0.15) is 39.5 Å². The van der Waals surface area contributed by atoms with E-state index >= 15 is 0 Å². The lowest BCUT2D eigenvalue weighted by Gasteiger charge is -2.36. The lowest BCUT2D eigenvalue weighted by Crippen LogP contribution is -2.43. The van der Waals surface area contributed by atoms with Crippen LogP contribution in [0.4, 0.5) is 19.0 Å². The van der Waals surface area contributed by atoms with Crippen LogP contribution in [-0.2, 0) is 0 Å². The Bertz CT molecular complexity index is 775. The number of anilines is 1. The molecule has 188 valence electrons. The molecule has 3 aliphatic rings. The van der Waals surface area contributed by atoms with Crippen molar-refractivity contribution >= 4 is 29.4 Å². The second-order valence-corrected chi connectivity index (χ2v) is 9.54. The predicted molar refractivity (Wildman–Crippen MR) is 131 cm³/mol. The van der Waals surface area contributed by atoms with Gasteiger partial charge >= 0.3 is 0 Å². The van der Waals surface area contributed by atoms with Crippen molar-refractivity contribution in [2.75, 3.05) is 38.5 Å². The van der Waals surface area contributed by atoms with E-state index in [1.807, 2.05) is 13.8 Å². The Labute approximate surface area is 204 Å². The first-order chi connectivity index (χ1) is 15.9. The van der Waals surface area contributed by atoms with E-state index in [1.165, 1.54) is 25.0 Å². The number of nitrogens with zero attached hydrogens (tertiary/aromatic N) is 3. The Kier molecular flexibility index (Phi) is 11.8. The second kappa shape index (κ2) is 13.8. The molecule has 2 aliphatic heterocycles. The van der Waals surface area contributed by atoms with Crippen LogP contribution < -0.4 is 4.72 Å². The summed E-state index contributed by atoms with van der Waals surface area (Å²) in [5.41, 5.74) is 0. The monoisotopic (exact) mass is 508 g/mol. The molecule has 0 bridgehead atoms. The van der Waals surface area contributed by atoms with Crippen molar-refractivity contribution in [2.24, 2.45) is 5.92 Å². The maximum atomic E-state index is 15.0. The van der Waals surface area contributed by atoms with E-state index < -0.39 is 29.2 Å². The molecule has 10 heteroatoms. The van der Waals surface area contributed by atoms with Gasteiger partial charge < -0.3 is 14.7 Å². The van der Waals surface area contributed by atoms with Gasteiger partial charge in [0.15, 0.2) is 0 Å². The van der Waals surface area contributed by atoms with Crippen molar-refractivity contribution in [1.82, 2.24) is 14.8 Å². The van der Waals surface area contributed by atoms with Gasteiger partial charge in [0.2, 0.25) is 5.95 Å². The van der Waals surface area contributed by atoms with E-state index in [1.54, 1.807) is 6.07 Å². The summed E-state index contributed by atoms with van der Waals surface area (Å²) >= 11 is 7.23. The number of aliphatic hydroxyl groups is 1. The lowest BCUT2D eigenvalue weighted by atomic mass is 9.96.